The lowest BCUT2D eigenvalue weighted by Crippen LogP contribution is -2.43. The van der Waals surface area contributed by atoms with E-state index >= 15 is 0 Å². The first-order valence-corrected chi connectivity index (χ1v) is 5.85. The van der Waals surface area contributed by atoms with Crippen molar-refractivity contribution in [3.63, 3.8) is 0 Å². The Labute approximate surface area is 100 Å². The highest BCUT2D eigenvalue weighted by Crippen LogP contribution is 2.32. The van der Waals surface area contributed by atoms with Crippen LogP contribution in [0.2, 0.25) is 5.15 Å². The molecule has 0 saturated heterocycles. The van der Waals surface area contributed by atoms with Gasteiger partial charge in [-0.25, -0.2) is 9.97 Å². The molecule has 0 bridgehead atoms. The number of anilines is 1. The van der Waals surface area contributed by atoms with Gasteiger partial charge in [0.2, 0.25) is 0 Å². The van der Waals surface area contributed by atoms with E-state index in [-0.39, 0.29) is 0 Å². The summed E-state index contributed by atoms with van der Waals surface area (Å²) in [6.07, 6.45) is 2.77. The average molecular weight is 242 g/mol. The number of aliphatic hydroxyl groups is 1. The van der Waals surface area contributed by atoms with Crippen LogP contribution in [0.1, 0.15) is 30.7 Å². The minimum Gasteiger partial charge on any atom is -0.388 e. The van der Waals surface area contributed by atoms with Gasteiger partial charge in [0.05, 0.1) is 17.0 Å². The lowest BCUT2D eigenvalue weighted by Gasteiger charge is -2.36. The van der Waals surface area contributed by atoms with Crippen LogP contribution in [-0.4, -0.2) is 27.2 Å². The summed E-state index contributed by atoms with van der Waals surface area (Å²) in [5.41, 5.74) is 1.11. The highest BCUT2D eigenvalue weighted by molar-refractivity contribution is 6.31. The normalized spacial score (nSPS) is 18.0. The van der Waals surface area contributed by atoms with Crippen molar-refractivity contribution in [3.8, 4) is 0 Å². The number of aryl methyl sites for hydroxylation is 2. The molecule has 0 radical (unpaired) electrons. The first-order valence-electron chi connectivity index (χ1n) is 5.47. The maximum Gasteiger partial charge on any atom is 0.171 e. The number of hydrogen-bond donors (Lipinski definition) is 2. The maximum atomic E-state index is 9.93. The van der Waals surface area contributed by atoms with E-state index in [2.05, 4.69) is 15.3 Å². The molecular formula is C11H16ClN3O. The zero-order valence-corrected chi connectivity index (χ0v) is 10.3. The molecule has 1 heterocycles. The average Bonchev–Trinajstić information content (AvgIpc) is 2.19. The Bertz CT molecular complexity index is 404. The molecule has 0 atom stereocenters. The third-order valence-corrected chi connectivity index (χ3v) is 3.40. The zero-order valence-electron chi connectivity index (χ0n) is 9.55. The van der Waals surface area contributed by atoms with Crippen molar-refractivity contribution in [2.45, 2.75) is 38.7 Å². The second-order valence-corrected chi connectivity index (χ2v) is 4.82. The molecular weight excluding hydrogens is 226 g/mol. The summed E-state index contributed by atoms with van der Waals surface area (Å²) >= 11 is 5.97. The number of hydrogen-bond acceptors (Lipinski definition) is 4. The monoisotopic (exact) mass is 241 g/mol. The summed E-state index contributed by atoms with van der Waals surface area (Å²) in [6.45, 7) is 4.25. The smallest absolute Gasteiger partial charge is 0.171 e. The summed E-state index contributed by atoms with van der Waals surface area (Å²) < 4.78 is 0. The van der Waals surface area contributed by atoms with E-state index in [9.17, 15) is 5.11 Å². The predicted molar refractivity (Wildman–Crippen MR) is 63.8 cm³/mol. The summed E-state index contributed by atoms with van der Waals surface area (Å²) in [4.78, 5) is 8.49. The van der Waals surface area contributed by atoms with E-state index in [0.29, 0.717) is 17.5 Å². The van der Waals surface area contributed by atoms with Crippen LogP contribution in [-0.2, 0) is 0 Å². The molecule has 1 aromatic rings. The topological polar surface area (TPSA) is 58.0 Å². The van der Waals surface area contributed by atoms with Crippen molar-refractivity contribution < 1.29 is 5.11 Å². The van der Waals surface area contributed by atoms with Gasteiger partial charge in [-0.05, 0) is 33.1 Å². The van der Waals surface area contributed by atoms with Crippen LogP contribution in [0.4, 0.5) is 5.82 Å². The SMILES string of the molecule is Cc1nc(Cl)c(NCC2(O)CCC2)nc1C. The highest BCUT2D eigenvalue weighted by Gasteiger charge is 2.34. The molecule has 0 amide bonds. The second kappa shape index (κ2) is 4.18. The van der Waals surface area contributed by atoms with Crippen LogP contribution in [0.3, 0.4) is 0 Å². The molecule has 0 aromatic carbocycles. The molecule has 1 saturated carbocycles. The van der Waals surface area contributed by atoms with Crippen molar-refractivity contribution in [3.05, 3.63) is 16.5 Å². The summed E-state index contributed by atoms with van der Waals surface area (Å²) in [7, 11) is 0. The second-order valence-electron chi connectivity index (χ2n) is 4.47. The van der Waals surface area contributed by atoms with Crippen LogP contribution in [0, 0.1) is 13.8 Å². The quantitative estimate of drug-likeness (QED) is 0.851. The number of nitrogens with one attached hydrogen (secondary N) is 1. The fourth-order valence-electron chi connectivity index (χ4n) is 1.70. The summed E-state index contributed by atoms with van der Waals surface area (Å²) in [5.74, 6) is 0.560. The van der Waals surface area contributed by atoms with Crippen LogP contribution in [0.5, 0.6) is 0 Å². The van der Waals surface area contributed by atoms with Crippen molar-refractivity contribution in [2.75, 3.05) is 11.9 Å². The number of halogens is 1. The van der Waals surface area contributed by atoms with Gasteiger partial charge in [0, 0.05) is 6.54 Å². The van der Waals surface area contributed by atoms with Crippen molar-refractivity contribution in [1.82, 2.24) is 9.97 Å². The Hall–Kier alpha value is -0.870. The largest absolute Gasteiger partial charge is 0.388 e. The minimum absolute atomic E-state index is 0.367. The molecule has 4 nitrogen and oxygen atoms in total. The van der Waals surface area contributed by atoms with Crippen LogP contribution < -0.4 is 5.32 Å². The molecule has 16 heavy (non-hydrogen) atoms. The Morgan fingerprint density at radius 1 is 1.31 bits per heavy atom. The van der Waals surface area contributed by atoms with Gasteiger partial charge in [-0.3, -0.25) is 0 Å². The third-order valence-electron chi connectivity index (χ3n) is 3.13. The van der Waals surface area contributed by atoms with Crippen LogP contribution in [0.15, 0.2) is 0 Å². The Kier molecular flexibility index (Phi) is 3.04. The molecule has 0 unspecified atom stereocenters. The zero-order chi connectivity index (χ0) is 11.8. The van der Waals surface area contributed by atoms with Gasteiger partial charge in [0.15, 0.2) is 11.0 Å². The molecule has 0 aliphatic heterocycles. The van der Waals surface area contributed by atoms with Crippen molar-refractivity contribution in [2.24, 2.45) is 0 Å². The van der Waals surface area contributed by atoms with Gasteiger partial charge in [-0.1, -0.05) is 11.6 Å². The molecule has 88 valence electrons. The van der Waals surface area contributed by atoms with E-state index in [0.717, 1.165) is 30.7 Å². The first-order chi connectivity index (χ1) is 7.50. The molecule has 1 aromatic heterocycles. The lowest BCUT2D eigenvalue weighted by atomic mass is 9.80. The first kappa shape index (κ1) is 11.6. The van der Waals surface area contributed by atoms with Crippen LogP contribution in [0.25, 0.3) is 0 Å². The van der Waals surface area contributed by atoms with Crippen LogP contribution >= 0.6 is 11.6 Å². The summed E-state index contributed by atoms with van der Waals surface area (Å²) in [5, 5.41) is 13.4. The molecule has 1 fully saturated rings. The van der Waals surface area contributed by atoms with E-state index in [1.54, 1.807) is 0 Å². The third kappa shape index (κ3) is 2.28. The van der Waals surface area contributed by atoms with Gasteiger partial charge in [-0.2, -0.15) is 0 Å². The van der Waals surface area contributed by atoms with Gasteiger partial charge in [0.1, 0.15) is 0 Å². The Morgan fingerprint density at radius 2 is 1.94 bits per heavy atom. The molecule has 0 spiro atoms. The maximum absolute atomic E-state index is 9.93. The fourth-order valence-corrected chi connectivity index (χ4v) is 1.93. The molecule has 2 rings (SSSR count). The van der Waals surface area contributed by atoms with E-state index in [1.165, 1.54) is 0 Å². The lowest BCUT2D eigenvalue weighted by molar-refractivity contribution is -0.0202. The molecule has 5 heteroatoms. The van der Waals surface area contributed by atoms with Gasteiger partial charge < -0.3 is 10.4 Å². The predicted octanol–water partition coefficient (Wildman–Crippen LogP) is 2.07. The van der Waals surface area contributed by atoms with E-state index < -0.39 is 5.60 Å². The number of nitrogens with zero attached hydrogens (tertiary/aromatic N) is 2. The molecule has 1 aliphatic carbocycles. The van der Waals surface area contributed by atoms with Gasteiger partial charge in [-0.15, -0.1) is 0 Å². The van der Waals surface area contributed by atoms with Crippen molar-refractivity contribution in [1.29, 1.82) is 0 Å². The Morgan fingerprint density at radius 3 is 2.50 bits per heavy atom. The van der Waals surface area contributed by atoms with Gasteiger partial charge >= 0.3 is 0 Å². The van der Waals surface area contributed by atoms with Crippen molar-refractivity contribution >= 4 is 17.4 Å². The Balaban J connectivity index is 2.06. The molecule has 1 aliphatic rings. The number of aromatic nitrogens is 2. The molecule has 2 N–H and O–H groups in total. The number of rotatable bonds is 3. The van der Waals surface area contributed by atoms with E-state index in [4.69, 9.17) is 11.6 Å². The highest BCUT2D eigenvalue weighted by atomic mass is 35.5. The standard InChI is InChI=1S/C11H16ClN3O/c1-7-8(2)15-10(9(12)14-7)13-6-11(16)4-3-5-11/h16H,3-6H2,1-2H3,(H,13,15). The van der Waals surface area contributed by atoms with Gasteiger partial charge in [0.25, 0.3) is 0 Å². The summed E-state index contributed by atoms with van der Waals surface area (Å²) in [6, 6.07) is 0. The fraction of sp³-hybridized carbons (Fsp3) is 0.636. The van der Waals surface area contributed by atoms with E-state index in [1.807, 2.05) is 13.8 Å². The minimum atomic E-state index is -0.580.